The summed E-state index contributed by atoms with van der Waals surface area (Å²) in [6.07, 6.45) is 2.42. The smallest absolute Gasteiger partial charge is 0.422 e. The van der Waals surface area contributed by atoms with Crippen LogP contribution in [0.5, 0.6) is 5.88 Å². The van der Waals surface area contributed by atoms with Crippen molar-refractivity contribution < 1.29 is 22.7 Å². The number of carbonyl (C=O) groups is 1. The van der Waals surface area contributed by atoms with Crippen LogP contribution in [0.2, 0.25) is 0 Å². The van der Waals surface area contributed by atoms with E-state index in [4.69, 9.17) is 4.74 Å². The zero-order valence-electron chi connectivity index (χ0n) is 13.8. The van der Waals surface area contributed by atoms with Gasteiger partial charge in [0.15, 0.2) is 6.61 Å². The number of amides is 1. The van der Waals surface area contributed by atoms with E-state index in [1.54, 1.807) is 12.1 Å². The first-order valence-electron chi connectivity index (χ1n) is 8.59. The summed E-state index contributed by atoms with van der Waals surface area (Å²) >= 11 is 0. The van der Waals surface area contributed by atoms with Gasteiger partial charge in [0.05, 0.1) is 6.04 Å². The van der Waals surface area contributed by atoms with Crippen molar-refractivity contribution in [2.75, 3.05) is 6.61 Å². The van der Waals surface area contributed by atoms with Crippen molar-refractivity contribution >= 4 is 5.91 Å². The van der Waals surface area contributed by atoms with Crippen LogP contribution in [-0.2, 0) is 11.3 Å². The maximum Gasteiger partial charge on any atom is 0.422 e. The lowest BCUT2D eigenvalue weighted by Crippen LogP contribution is -2.42. The van der Waals surface area contributed by atoms with Gasteiger partial charge in [-0.2, -0.15) is 13.2 Å². The summed E-state index contributed by atoms with van der Waals surface area (Å²) in [4.78, 5) is 16.2. The van der Waals surface area contributed by atoms with Gasteiger partial charge in [0, 0.05) is 24.3 Å². The first-order chi connectivity index (χ1) is 11.9. The van der Waals surface area contributed by atoms with Crippen LogP contribution in [0.25, 0.3) is 0 Å². The predicted molar refractivity (Wildman–Crippen MR) is 84.9 cm³/mol. The zero-order valence-corrected chi connectivity index (χ0v) is 13.8. The minimum Gasteiger partial charge on any atom is -0.468 e. The molecule has 0 spiro atoms. The van der Waals surface area contributed by atoms with Crippen LogP contribution in [0.15, 0.2) is 18.3 Å². The Hall–Kier alpha value is -1.83. The second-order valence-corrected chi connectivity index (χ2v) is 6.70. The first kappa shape index (κ1) is 18.0. The van der Waals surface area contributed by atoms with Crippen molar-refractivity contribution in [1.29, 1.82) is 0 Å². The summed E-state index contributed by atoms with van der Waals surface area (Å²) in [5.41, 5.74) is 0.426. The van der Waals surface area contributed by atoms with Crippen LogP contribution >= 0.6 is 0 Å². The number of nitrogens with one attached hydrogen (secondary N) is 2. The third-order valence-electron chi connectivity index (χ3n) is 4.85. The van der Waals surface area contributed by atoms with Crippen LogP contribution in [0.1, 0.15) is 37.7 Å². The molecule has 3 unspecified atom stereocenters. The third kappa shape index (κ3) is 4.84. The fraction of sp³-hybridized carbons (Fsp3) is 0.647. The number of rotatable bonds is 5. The van der Waals surface area contributed by atoms with Crippen molar-refractivity contribution in [3.05, 3.63) is 23.9 Å². The monoisotopic (exact) mass is 357 g/mol. The normalized spacial score (nSPS) is 26.1. The molecule has 8 heteroatoms. The Morgan fingerprint density at radius 1 is 1.36 bits per heavy atom. The highest BCUT2D eigenvalue weighted by atomic mass is 19.4. The molecule has 1 aliphatic carbocycles. The Balaban J connectivity index is 1.54. The van der Waals surface area contributed by atoms with Gasteiger partial charge in [-0.15, -0.1) is 0 Å². The largest absolute Gasteiger partial charge is 0.468 e. The average Bonchev–Trinajstić information content (AvgIpc) is 3.02. The lowest BCUT2D eigenvalue weighted by Gasteiger charge is -2.24. The lowest BCUT2D eigenvalue weighted by atomic mass is 9.85. The van der Waals surface area contributed by atoms with Gasteiger partial charge in [0.1, 0.15) is 0 Å². The molecule has 1 aromatic heterocycles. The lowest BCUT2D eigenvalue weighted by molar-refractivity contribution is -0.154. The molecule has 2 fully saturated rings. The maximum absolute atomic E-state index is 12.4. The fourth-order valence-corrected chi connectivity index (χ4v) is 3.67. The fourth-order valence-electron chi connectivity index (χ4n) is 3.67. The number of alkyl halides is 3. The van der Waals surface area contributed by atoms with Crippen molar-refractivity contribution in [2.24, 2.45) is 5.92 Å². The molecule has 1 amide bonds. The summed E-state index contributed by atoms with van der Waals surface area (Å²) in [6.45, 7) is -1.31. The molecule has 1 saturated heterocycles. The van der Waals surface area contributed by atoms with Crippen LogP contribution in [-0.4, -0.2) is 35.8 Å². The second-order valence-electron chi connectivity index (χ2n) is 6.70. The summed E-state index contributed by atoms with van der Waals surface area (Å²) in [5.74, 6) is 0.321. The number of ether oxygens (including phenoxy) is 1. The average molecular weight is 357 g/mol. The molecular formula is C17H22F3N3O2. The van der Waals surface area contributed by atoms with E-state index in [9.17, 15) is 18.0 Å². The van der Waals surface area contributed by atoms with Gasteiger partial charge in [-0.05, 0) is 31.2 Å². The van der Waals surface area contributed by atoms with Crippen molar-refractivity contribution in [3.63, 3.8) is 0 Å². The van der Waals surface area contributed by atoms with E-state index in [-0.39, 0.29) is 24.4 Å². The number of hydrogen-bond donors (Lipinski definition) is 2. The van der Waals surface area contributed by atoms with Gasteiger partial charge < -0.3 is 15.4 Å². The molecule has 1 aliphatic heterocycles. The van der Waals surface area contributed by atoms with E-state index in [0.29, 0.717) is 17.5 Å². The molecule has 3 rings (SSSR count). The predicted octanol–water partition coefficient (Wildman–Crippen LogP) is 2.56. The molecule has 138 valence electrons. The van der Waals surface area contributed by atoms with Crippen molar-refractivity contribution in [1.82, 2.24) is 15.6 Å². The minimum absolute atomic E-state index is 0.0907. The molecule has 1 aromatic rings. The third-order valence-corrected chi connectivity index (χ3v) is 4.85. The number of halogens is 3. The molecule has 0 bridgehead atoms. The Bertz CT molecular complexity index is 595. The van der Waals surface area contributed by atoms with Gasteiger partial charge >= 0.3 is 6.18 Å². The summed E-state index contributed by atoms with van der Waals surface area (Å²) in [5, 5.41) is 6.17. The molecule has 2 aliphatic rings. The minimum atomic E-state index is -4.43. The molecule has 25 heavy (non-hydrogen) atoms. The Kier molecular flexibility index (Phi) is 5.46. The first-order valence-corrected chi connectivity index (χ1v) is 8.59. The molecule has 1 saturated carbocycles. The Morgan fingerprint density at radius 2 is 2.16 bits per heavy atom. The van der Waals surface area contributed by atoms with E-state index in [1.807, 2.05) is 0 Å². The summed E-state index contributed by atoms with van der Waals surface area (Å²) in [6, 6.07) is 3.38. The quantitative estimate of drug-likeness (QED) is 0.850. The van der Waals surface area contributed by atoms with Crippen molar-refractivity contribution in [3.8, 4) is 5.88 Å². The van der Waals surface area contributed by atoms with E-state index in [2.05, 4.69) is 15.6 Å². The number of carbonyl (C=O) groups excluding carboxylic acids is 1. The second kappa shape index (κ2) is 7.59. The number of aromatic nitrogens is 1. The van der Waals surface area contributed by atoms with Crippen LogP contribution in [0.3, 0.4) is 0 Å². The summed E-state index contributed by atoms with van der Waals surface area (Å²) in [7, 11) is 0. The topological polar surface area (TPSA) is 63.2 Å². The van der Waals surface area contributed by atoms with Gasteiger partial charge in [-0.1, -0.05) is 18.9 Å². The maximum atomic E-state index is 12.4. The molecule has 3 atom stereocenters. The summed E-state index contributed by atoms with van der Waals surface area (Å²) < 4.78 is 41.7. The molecule has 0 radical (unpaired) electrons. The highest BCUT2D eigenvalue weighted by Crippen LogP contribution is 2.33. The van der Waals surface area contributed by atoms with E-state index < -0.39 is 12.8 Å². The van der Waals surface area contributed by atoms with Crippen LogP contribution < -0.4 is 15.4 Å². The van der Waals surface area contributed by atoms with Crippen LogP contribution in [0, 0.1) is 5.92 Å². The van der Waals surface area contributed by atoms with E-state index in [0.717, 1.165) is 19.3 Å². The number of nitrogens with zero attached hydrogens (tertiary/aromatic N) is 1. The Morgan fingerprint density at radius 3 is 2.92 bits per heavy atom. The van der Waals surface area contributed by atoms with Gasteiger partial charge in [0.2, 0.25) is 11.8 Å². The molecule has 0 aromatic carbocycles. The zero-order chi connectivity index (χ0) is 17.9. The molecule has 5 nitrogen and oxygen atoms in total. The van der Waals surface area contributed by atoms with Gasteiger partial charge in [0.25, 0.3) is 0 Å². The highest BCUT2D eigenvalue weighted by Gasteiger charge is 2.38. The SMILES string of the molecule is O=C(NCc1cccnc1OCC(F)(F)F)C1CC2CCCCC2N1. The molecular weight excluding hydrogens is 335 g/mol. The highest BCUT2D eigenvalue weighted by molar-refractivity contribution is 5.82. The van der Waals surface area contributed by atoms with Crippen molar-refractivity contribution in [2.45, 2.75) is 56.9 Å². The van der Waals surface area contributed by atoms with Gasteiger partial charge in [-0.3, -0.25) is 4.79 Å². The number of pyridine rings is 1. The van der Waals surface area contributed by atoms with Gasteiger partial charge in [-0.25, -0.2) is 4.98 Å². The van der Waals surface area contributed by atoms with E-state index >= 15 is 0 Å². The Labute approximate surface area is 144 Å². The molecule has 2 heterocycles. The van der Waals surface area contributed by atoms with E-state index in [1.165, 1.54) is 19.0 Å². The van der Waals surface area contributed by atoms with Crippen LogP contribution in [0.4, 0.5) is 13.2 Å². The standard InChI is InChI=1S/C17H22F3N3O2/c18-17(19,20)10-25-16-12(5-3-7-21-16)9-22-15(24)14-8-11-4-1-2-6-13(11)23-14/h3,5,7,11,13-14,23H,1-2,4,6,8-10H2,(H,22,24). The number of hydrogen-bond acceptors (Lipinski definition) is 4. The number of fused-ring (bicyclic) bond motifs is 1. The molecule has 2 N–H and O–H groups in total.